The Kier molecular flexibility index (Phi) is 3.71. The molecular weight excluding hydrogens is 224 g/mol. The van der Waals surface area contributed by atoms with Gasteiger partial charge in [0, 0.05) is 0 Å². The summed E-state index contributed by atoms with van der Waals surface area (Å²) in [6.07, 6.45) is 2.57. The first-order chi connectivity index (χ1) is 8.83. The average molecular weight is 238 g/mol. The smallest absolute Gasteiger partial charge is 0.0860 e. The zero-order valence-corrected chi connectivity index (χ0v) is 9.82. The second-order valence-corrected chi connectivity index (χ2v) is 3.65. The van der Waals surface area contributed by atoms with Crippen molar-refractivity contribution < 1.29 is 0 Å². The SMILES string of the molecule is NC=Nc1ccc(-c2ccc(N=CN)cc2)cc1. The highest BCUT2D eigenvalue weighted by Gasteiger charge is 1.97. The van der Waals surface area contributed by atoms with Gasteiger partial charge in [-0.05, 0) is 35.4 Å². The molecule has 90 valence electrons. The van der Waals surface area contributed by atoms with Crippen LogP contribution in [0, 0.1) is 0 Å². The maximum absolute atomic E-state index is 5.24. The molecule has 4 nitrogen and oxygen atoms in total. The number of rotatable bonds is 3. The standard InChI is InChI=1S/C14H14N4/c15-9-17-13-5-1-11(2-6-13)12-3-7-14(8-4-12)18-10-16/h1-10H,(H2,15,17)(H2,16,18). The average Bonchev–Trinajstić information content (AvgIpc) is 2.41. The van der Waals surface area contributed by atoms with E-state index in [-0.39, 0.29) is 0 Å². The predicted molar refractivity (Wildman–Crippen MR) is 76.6 cm³/mol. The Balaban J connectivity index is 2.25. The Bertz CT molecular complexity index is 500. The summed E-state index contributed by atoms with van der Waals surface area (Å²) in [5.41, 5.74) is 14.4. The molecule has 0 bridgehead atoms. The summed E-state index contributed by atoms with van der Waals surface area (Å²) in [5.74, 6) is 0. The van der Waals surface area contributed by atoms with E-state index in [4.69, 9.17) is 11.5 Å². The maximum Gasteiger partial charge on any atom is 0.0860 e. The topological polar surface area (TPSA) is 76.8 Å². The van der Waals surface area contributed by atoms with E-state index < -0.39 is 0 Å². The van der Waals surface area contributed by atoms with Crippen molar-refractivity contribution >= 4 is 24.1 Å². The highest BCUT2D eigenvalue weighted by Crippen LogP contribution is 2.24. The summed E-state index contributed by atoms with van der Waals surface area (Å²) in [5, 5.41) is 0. The molecule has 18 heavy (non-hydrogen) atoms. The van der Waals surface area contributed by atoms with Crippen molar-refractivity contribution in [3.8, 4) is 11.1 Å². The zero-order chi connectivity index (χ0) is 12.8. The van der Waals surface area contributed by atoms with Gasteiger partial charge in [-0.2, -0.15) is 0 Å². The van der Waals surface area contributed by atoms with Gasteiger partial charge in [-0.1, -0.05) is 24.3 Å². The van der Waals surface area contributed by atoms with Crippen LogP contribution in [0.2, 0.25) is 0 Å². The van der Waals surface area contributed by atoms with Gasteiger partial charge in [0.15, 0.2) is 0 Å². The molecular formula is C14H14N4. The lowest BCUT2D eigenvalue weighted by molar-refractivity contribution is 1.49. The Hall–Kier alpha value is -2.62. The number of aliphatic imine (C=N–C) groups is 2. The fourth-order valence-electron chi connectivity index (χ4n) is 1.65. The predicted octanol–water partition coefficient (Wildman–Crippen LogP) is 2.59. The van der Waals surface area contributed by atoms with Crippen molar-refractivity contribution in [3.63, 3.8) is 0 Å². The van der Waals surface area contributed by atoms with Gasteiger partial charge in [0.25, 0.3) is 0 Å². The van der Waals surface area contributed by atoms with Crippen molar-refractivity contribution in [3.05, 3.63) is 48.5 Å². The minimum atomic E-state index is 0.839. The van der Waals surface area contributed by atoms with E-state index in [0.717, 1.165) is 22.5 Å². The van der Waals surface area contributed by atoms with Crippen LogP contribution in [0.4, 0.5) is 11.4 Å². The second kappa shape index (κ2) is 5.63. The highest BCUT2D eigenvalue weighted by atomic mass is 14.8. The Morgan fingerprint density at radius 3 is 1.22 bits per heavy atom. The van der Waals surface area contributed by atoms with Crippen LogP contribution in [-0.2, 0) is 0 Å². The summed E-state index contributed by atoms with van der Waals surface area (Å²) in [7, 11) is 0. The minimum absolute atomic E-state index is 0.839. The third kappa shape index (κ3) is 2.74. The molecule has 0 radical (unpaired) electrons. The Labute approximate surface area is 106 Å². The van der Waals surface area contributed by atoms with E-state index in [1.165, 1.54) is 12.7 Å². The zero-order valence-electron chi connectivity index (χ0n) is 9.82. The fourth-order valence-corrected chi connectivity index (χ4v) is 1.65. The molecule has 2 aromatic rings. The van der Waals surface area contributed by atoms with Crippen LogP contribution in [-0.4, -0.2) is 12.7 Å². The lowest BCUT2D eigenvalue weighted by Gasteiger charge is -2.02. The maximum atomic E-state index is 5.24. The molecule has 0 aromatic heterocycles. The van der Waals surface area contributed by atoms with Crippen LogP contribution in [0.1, 0.15) is 0 Å². The number of benzene rings is 2. The quantitative estimate of drug-likeness (QED) is 0.637. The first-order valence-electron chi connectivity index (χ1n) is 5.52. The van der Waals surface area contributed by atoms with Gasteiger partial charge < -0.3 is 11.5 Å². The molecule has 0 heterocycles. The molecule has 2 aromatic carbocycles. The molecule has 0 aliphatic carbocycles. The van der Waals surface area contributed by atoms with Gasteiger partial charge in [-0.15, -0.1) is 0 Å². The number of hydrogen-bond acceptors (Lipinski definition) is 2. The highest BCUT2D eigenvalue weighted by molar-refractivity contribution is 5.69. The molecule has 0 unspecified atom stereocenters. The molecule has 0 atom stereocenters. The number of nitrogens with zero attached hydrogens (tertiary/aromatic N) is 2. The molecule has 4 heteroatoms. The van der Waals surface area contributed by atoms with Gasteiger partial charge in [0.05, 0.1) is 24.1 Å². The van der Waals surface area contributed by atoms with Gasteiger partial charge in [0.2, 0.25) is 0 Å². The van der Waals surface area contributed by atoms with Crippen molar-refractivity contribution in [1.82, 2.24) is 0 Å². The van der Waals surface area contributed by atoms with E-state index >= 15 is 0 Å². The van der Waals surface area contributed by atoms with Gasteiger partial charge in [-0.3, -0.25) is 0 Å². The first-order valence-corrected chi connectivity index (χ1v) is 5.52. The third-order valence-electron chi connectivity index (χ3n) is 2.52. The molecule has 2 rings (SSSR count). The Morgan fingerprint density at radius 2 is 0.944 bits per heavy atom. The molecule has 0 aliphatic heterocycles. The van der Waals surface area contributed by atoms with E-state index in [1.54, 1.807) is 0 Å². The minimum Gasteiger partial charge on any atom is -0.390 e. The van der Waals surface area contributed by atoms with Gasteiger partial charge in [-0.25, -0.2) is 9.98 Å². The van der Waals surface area contributed by atoms with E-state index in [1.807, 2.05) is 48.5 Å². The number of nitrogens with two attached hydrogens (primary N) is 2. The van der Waals surface area contributed by atoms with Crippen LogP contribution in [0.3, 0.4) is 0 Å². The van der Waals surface area contributed by atoms with Crippen molar-refractivity contribution in [2.24, 2.45) is 21.5 Å². The second-order valence-electron chi connectivity index (χ2n) is 3.65. The summed E-state index contributed by atoms with van der Waals surface area (Å²) in [4.78, 5) is 8.00. The van der Waals surface area contributed by atoms with Crippen molar-refractivity contribution in [2.45, 2.75) is 0 Å². The summed E-state index contributed by atoms with van der Waals surface area (Å²) >= 11 is 0. The van der Waals surface area contributed by atoms with Crippen molar-refractivity contribution in [2.75, 3.05) is 0 Å². The van der Waals surface area contributed by atoms with E-state index in [2.05, 4.69) is 9.98 Å². The summed E-state index contributed by atoms with van der Waals surface area (Å²) in [6, 6.07) is 15.7. The van der Waals surface area contributed by atoms with Crippen LogP contribution in [0.5, 0.6) is 0 Å². The molecule has 0 saturated heterocycles. The van der Waals surface area contributed by atoms with E-state index in [0.29, 0.717) is 0 Å². The molecule has 0 spiro atoms. The first kappa shape index (κ1) is 11.9. The largest absolute Gasteiger partial charge is 0.390 e. The third-order valence-corrected chi connectivity index (χ3v) is 2.52. The van der Waals surface area contributed by atoms with Crippen LogP contribution < -0.4 is 11.5 Å². The van der Waals surface area contributed by atoms with E-state index in [9.17, 15) is 0 Å². The molecule has 0 saturated carbocycles. The molecule has 0 amide bonds. The lowest BCUT2D eigenvalue weighted by atomic mass is 10.1. The van der Waals surface area contributed by atoms with Gasteiger partial charge >= 0.3 is 0 Å². The fraction of sp³-hybridized carbons (Fsp3) is 0. The molecule has 0 fully saturated rings. The normalized spacial score (nSPS) is 11.3. The lowest BCUT2D eigenvalue weighted by Crippen LogP contribution is -1.86. The number of hydrogen-bond donors (Lipinski definition) is 2. The molecule has 4 N–H and O–H groups in total. The monoisotopic (exact) mass is 238 g/mol. The Morgan fingerprint density at radius 1 is 0.611 bits per heavy atom. The van der Waals surface area contributed by atoms with Crippen LogP contribution in [0.15, 0.2) is 58.5 Å². The van der Waals surface area contributed by atoms with Gasteiger partial charge in [0.1, 0.15) is 0 Å². The van der Waals surface area contributed by atoms with Crippen LogP contribution >= 0.6 is 0 Å². The summed E-state index contributed by atoms with van der Waals surface area (Å²) in [6.45, 7) is 0. The van der Waals surface area contributed by atoms with Crippen molar-refractivity contribution in [1.29, 1.82) is 0 Å². The van der Waals surface area contributed by atoms with Crippen LogP contribution in [0.25, 0.3) is 11.1 Å². The molecule has 0 aliphatic rings. The summed E-state index contributed by atoms with van der Waals surface area (Å²) < 4.78 is 0.